The molecule has 0 saturated heterocycles. The number of allylic oxidation sites excluding steroid dienone is 24. The summed E-state index contributed by atoms with van der Waals surface area (Å²) in [6.45, 7) is 6.25. The van der Waals surface area contributed by atoms with Gasteiger partial charge in [0.2, 0.25) is 0 Å². The molecule has 0 aromatic carbocycles. The van der Waals surface area contributed by atoms with E-state index in [0.29, 0.717) is 19.3 Å². The average molecular weight is 923 g/mol. The van der Waals surface area contributed by atoms with E-state index in [9.17, 15) is 14.4 Å². The molecule has 0 aliphatic rings. The highest BCUT2D eigenvalue weighted by Crippen LogP contribution is 2.13. The van der Waals surface area contributed by atoms with Crippen molar-refractivity contribution in [3.05, 3.63) is 146 Å². The van der Waals surface area contributed by atoms with E-state index in [1.165, 1.54) is 64.2 Å². The van der Waals surface area contributed by atoms with E-state index >= 15 is 0 Å². The maximum absolute atomic E-state index is 12.8. The lowest BCUT2D eigenvalue weighted by atomic mass is 10.1. The van der Waals surface area contributed by atoms with Gasteiger partial charge in [-0.25, -0.2) is 0 Å². The SMILES string of the molecule is CC\C=C/C=C\C=C/C=C\C=C\C=C/CCCCCC(=O)OCC(COC(=O)CCCCCCCCC/C=C\CCCCCC)OC(=O)CCC/C=C\C/C=C\C/C=C\C/C=C\C/C=C\CC. The van der Waals surface area contributed by atoms with E-state index in [0.717, 1.165) is 83.5 Å². The van der Waals surface area contributed by atoms with Gasteiger partial charge in [-0.1, -0.05) is 224 Å². The molecule has 0 aliphatic carbocycles. The first-order valence-corrected chi connectivity index (χ1v) is 26.4. The molecular weight excluding hydrogens is 829 g/mol. The summed E-state index contributed by atoms with van der Waals surface area (Å²) in [5, 5.41) is 0. The molecule has 6 nitrogen and oxygen atoms in total. The smallest absolute Gasteiger partial charge is 0.306 e. The monoisotopic (exact) mass is 923 g/mol. The number of hydrogen-bond acceptors (Lipinski definition) is 6. The van der Waals surface area contributed by atoms with Gasteiger partial charge >= 0.3 is 17.9 Å². The second-order valence-corrected chi connectivity index (χ2v) is 16.8. The Kier molecular flexibility index (Phi) is 50.1. The molecule has 0 saturated carbocycles. The Balaban J connectivity index is 4.61. The highest BCUT2D eigenvalue weighted by atomic mass is 16.6. The molecule has 0 rings (SSSR count). The lowest BCUT2D eigenvalue weighted by Gasteiger charge is -2.18. The molecule has 0 aromatic rings. The van der Waals surface area contributed by atoms with Gasteiger partial charge < -0.3 is 14.2 Å². The fourth-order valence-electron chi connectivity index (χ4n) is 6.56. The lowest BCUT2D eigenvalue weighted by molar-refractivity contribution is -0.167. The number of carbonyl (C=O) groups is 3. The molecule has 0 aliphatic heterocycles. The molecular formula is C61H94O6. The predicted molar refractivity (Wildman–Crippen MR) is 288 cm³/mol. The van der Waals surface area contributed by atoms with Crippen molar-refractivity contribution >= 4 is 17.9 Å². The Morgan fingerprint density at radius 3 is 1.16 bits per heavy atom. The van der Waals surface area contributed by atoms with Crippen molar-refractivity contribution in [2.24, 2.45) is 0 Å². The van der Waals surface area contributed by atoms with Crippen molar-refractivity contribution < 1.29 is 28.6 Å². The third-order valence-electron chi connectivity index (χ3n) is 10.5. The molecule has 0 N–H and O–H groups in total. The van der Waals surface area contributed by atoms with Crippen molar-refractivity contribution in [2.45, 2.75) is 207 Å². The van der Waals surface area contributed by atoms with Gasteiger partial charge in [-0.15, -0.1) is 0 Å². The van der Waals surface area contributed by atoms with Crippen LogP contribution in [0.15, 0.2) is 146 Å². The molecule has 1 unspecified atom stereocenters. The quantitative estimate of drug-likeness (QED) is 0.0199. The number of ether oxygens (including phenoxy) is 3. The lowest BCUT2D eigenvalue weighted by Crippen LogP contribution is -2.30. The van der Waals surface area contributed by atoms with Crippen LogP contribution in [0.4, 0.5) is 0 Å². The van der Waals surface area contributed by atoms with Gasteiger partial charge in [0.1, 0.15) is 13.2 Å². The number of carbonyl (C=O) groups excluding carboxylic acids is 3. The van der Waals surface area contributed by atoms with Crippen LogP contribution < -0.4 is 0 Å². The zero-order chi connectivity index (χ0) is 48.6. The Hall–Kier alpha value is -4.71. The zero-order valence-corrected chi connectivity index (χ0v) is 42.6. The van der Waals surface area contributed by atoms with Crippen LogP contribution >= 0.6 is 0 Å². The molecule has 0 aromatic heterocycles. The first-order chi connectivity index (χ1) is 33.0. The molecule has 0 fully saturated rings. The number of hydrogen-bond donors (Lipinski definition) is 0. The van der Waals surface area contributed by atoms with Crippen LogP contribution in [0.2, 0.25) is 0 Å². The van der Waals surface area contributed by atoms with Crippen molar-refractivity contribution in [3.8, 4) is 0 Å². The Labute approximate surface area is 410 Å². The van der Waals surface area contributed by atoms with Crippen molar-refractivity contribution in [1.29, 1.82) is 0 Å². The Morgan fingerprint density at radius 2 is 0.672 bits per heavy atom. The van der Waals surface area contributed by atoms with Gasteiger partial charge in [-0.2, -0.15) is 0 Å². The fraction of sp³-hybridized carbons (Fsp3) is 0.557. The third-order valence-corrected chi connectivity index (χ3v) is 10.5. The molecule has 0 amide bonds. The summed E-state index contributed by atoms with van der Waals surface area (Å²) in [5.74, 6) is -1.04. The van der Waals surface area contributed by atoms with Gasteiger partial charge in [0.05, 0.1) is 0 Å². The predicted octanol–water partition coefficient (Wildman–Crippen LogP) is 17.6. The number of esters is 3. The second-order valence-electron chi connectivity index (χ2n) is 16.8. The fourth-order valence-corrected chi connectivity index (χ4v) is 6.56. The molecule has 6 heteroatoms. The van der Waals surface area contributed by atoms with Crippen LogP contribution in [-0.2, 0) is 28.6 Å². The third kappa shape index (κ3) is 52.1. The van der Waals surface area contributed by atoms with Crippen LogP contribution in [-0.4, -0.2) is 37.2 Å². The summed E-state index contributed by atoms with van der Waals surface area (Å²) in [6.07, 6.45) is 76.9. The van der Waals surface area contributed by atoms with Gasteiger partial charge in [-0.3, -0.25) is 14.4 Å². The highest BCUT2D eigenvalue weighted by Gasteiger charge is 2.19. The van der Waals surface area contributed by atoms with Crippen LogP contribution in [0.25, 0.3) is 0 Å². The number of unbranched alkanes of at least 4 members (excludes halogenated alkanes) is 15. The molecule has 67 heavy (non-hydrogen) atoms. The topological polar surface area (TPSA) is 78.9 Å². The Morgan fingerprint density at radius 1 is 0.328 bits per heavy atom. The van der Waals surface area contributed by atoms with E-state index in [1.54, 1.807) is 0 Å². The van der Waals surface area contributed by atoms with Crippen LogP contribution in [0.5, 0.6) is 0 Å². The summed E-state index contributed by atoms with van der Waals surface area (Å²) in [7, 11) is 0. The van der Waals surface area contributed by atoms with E-state index in [2.05, 4.69) is 106 Å². The minimum Gasteiger partial charge on any atom is -0.462 e. The normalized spacial score (nSPS) is 13.3. The first kappa shape index (κ1) is 62.3. The highest BCUT2D eigenvalue weighted by molar-refractivity contribution is 5.71. The zero-order valence-electron chi connectivity index (χ0n) is 42.6. The Bertz CT molecular complexity index is 1530. The van der Waals surface area contributed by atoms with Crippen molar-refractivity contribution in [2.75, 3.05) is 13.2 Å². The van der Waals surface area contributed by atoms with Gasteiger partial charge in [0, 0.05) is 19.3 Å². The molecule has 0 spiro atoms. The van der Waals surface area contributed by atoms with Gasteiger partial charge in [-0.05, 0) is 103 Å². The van der Waals surface area contributed by atoms with Gasteiger partial charge in [0.15, 0.2) is 6.10 Å². The standard InChI is InChI=1S/C61H94O6/c1-4-7-10-13-16-19-22-25-28-30-33-36-39-42-45-48-51-54-60(63)66-57-58(56-65-59(62)53-50-47-44-41-38-35-32-27-24-21-18-15-12-9-6-3)67-61(64)55-52-49-46-43-40-37-34-31-29-26-23-20-17-14-11-8-5-2/h7-8,10-11,13,16-17,19-22,24-26,28-30,33-34,36-37,39,43,46,58H,4-6,9,12,14-15,18,23,27,31-32,35,38,40-42,44-45,47-57H2,1-3H3/b10-7-,11-8-,16-13-,20-17-,22-19-,24-21-,28-25-,29-26-,33-30+,37-34-,39-36-,46-43-. The maximum Gasteiger partial charge on any atom is 0.306 e. The summed E-state index contributed by atoms with van der Waals surface area (Å²) >= 11 is 0. The van der Waals surface area contributed by atoms with E-state index in [1.807, 2.05) is 60.8 Å². The molecule has 0 radical (unpaired) electrons. The maximum atomic E-state index is 12.8. The van der Waals surface area contributed by atoms with Crippen LogP contribution in [0, 0.1) is 0 Å². The minimum absolute atomic E-state index is 0.124. The summed E-state index contributed by atoms with van der Waals surface area (Å²) in [5.41, 5.74) is 0. The molecule has 374 valence electrons. The van der Waals surface area contributed by atoms with E-state index in [-0.39, 0.29) is 44.0 Å². The molecule has 0 heterocycles. The minimum atomic E-state index is -0.834. The molecule has 0 bridgehead atoms. The van der Waals surface area contributed by atoms with E-state index < -0.39 is 6.10 Å². The largest absolute Gasteiger partial charge is 0.462 e. The van der Waals surface area contributed by atoms with Crippen molar-refractivity contribution in [1.82, 2.24) is 0 Å². The van der Waals surface area contributed by atoms with E-state index in [4.69, 9.17) is 14.2 Å². The number of rotatable bonds is 45. The van der Waals surface area contributed by atoms with Gasteiger partial charge in [0.25, 0.3) is 0 Å². The van der Waals surface area contributed by atoms with Crippen LogP contribution in [0.1, 0.15) is 201 Å². The summed E-state index contributed by atoms with van der Waals surface area (Å²) in [6, 6.07) is 0. The second kappa shape index (κ2) is 53.9. The first-order valence-electron chi connectivity index (χ1n) is 26.4. The van der Waals surface area contributed by atoms with Crippen molar-refractivity contribution in [3.63, 3.8) is 0 Å². The summed E-state index contributed by atoms with van der Waals surface area (Å²) in [4.78, 5) is 38.0. The molecule has 1 atom stereocenters. The summed E-state index contributed by atoms with van der Waals surface area (Å²) < 4.78 is 16.7. The average Bonchev–Trinajstić information content (AvgIpc) is 3.33. The van der Waals surface area contributed by atoms with Crippen LogP contribution in [0.3, 0.4) is 0 Å².